The number of nitrogens with zero attached hydrogens (tertiary/aromatic N) is 3. The summed E-state index contributed by atoms with van der Waals surface area (Å²) in [6.45, 7) is 3.92. The Labute approximate surface area is 201 Å². The first-order chi connectivity index (χ1) is 16.9. The van der Waals surface area contributed by atoms with E-state index in [2.05, 4.69) is 25.6 Å². The molecule has 0 aliphatic carbocycles. The predicted molar refractivity (Wildman–Crippen MR) is 130 cm³/mol. The van der Waals surface area contributed by atoms with Crippen LogP contribution in [0.3, 0.4) is 0 Å². The molecule has 4 rings (SSSR count). The molecule has 0 aliphatic heterocycles. The number of carbonyl (C=O) groups excluding carboxylic acids is 1. The third-order valence-corrected chi connectivity index (χ3v) is 5.34. The van der Waals surface area contributed by atoms with Gasteiger partial charge in [0.25, 0.3) is 5.91 Å². The fraction of sp³-hybridized carbons (Fsp3) is 0.231. The SMILES string of the molecule is CNC(=O)c1ccnc2c(CCNc3cc(-c4cc(F)c(OC(C)C)c(F)c4)ncn3)cccc12. The Kier molecular flexibility index (Phi) is 7.14. The molecule has 1 amide bonds. The number of benzene rings is 2. The molecule has 2 aromatic heterocycles. The number of hydrogen-bond donors (Lipinski definition) is 2. The highest BCUT2D eigenvalue weighted by atomic mass is 19.1. The molecule has 0 saturated carbocycles. The summed E-state index contributed by atoms with van der Waals surface area (Å²) in [5.41, 5.74) is 2.95. The average molecular weight is 478 g/mol. The molecule has 0 unspecified atom stereocenters. The number of hydrogen-bond acceptors (Lipinski definition) is 6. The topological polar surface area (TPSA) is 89.0 Å². The second kappa shape index (κ2) is 10.4. The summed E-state index contributed by atoms with van der Waals surface area (Å²) in [4.78, 5) is 25.0. The van der Waals surface area contributed by atoms with Crippen molar-refractivity contribution in [3.05, 3.63) is 77.8 Å². The molecule has 2 N–H and O–H groups in total. The molecule has 7 nitrogen and oxygen atoms in total. The van der Waals surface area contributed by atoms with Crippen molar-refractivity contribution in [3.8, 4) is 17.0 Å². The molecule has 0 fully saturated rings. The maximum atomic E-state index is 14.4. The molecule has 0 spiro atoms. The quantitative estimate of drug-likeness (QED) is 0.380. The van der Waals surface area contributed by atoms with E-state index in [-0.39, 0.29) is 17.6 Å². The number of anilines is 1. The van der Waals surface area contributed by atoms with E-state index in [1.54, 1.807) is 39.2 Å². The summed E-state index contributed by atoms with van der Waals surface area (Å²) in [5.74, 6) is -1.64. The number of aromatic nitrogens is 3. The Morgan fingerprint density at radius 2 is 1.83 bits per heavy atom. The highest BCUT2D eigenvalue weighted by Crippen LogP contribution is 2.29. The number of carbonyl (C=O) groups is 1. The van der Waals surface area contributed by atoms with Gasteiger partial charge in [-0.05, 0) is 44.0 Å². The van der Waals surface area contributed by atoms with Crippen molar-refractivity contribution in [2.45, 2.75) is 26.4 Å². The van der Waals surface area contributed by atoms with E-state index in [9.17, 15) is 13.6 Å². The van der Waals surface area contributed by atoms with Crippen LogP contribution in [-0.2, 0) is 6.42 Å². The number of amides is 1. The average Bonchev–Trinajstić information content (AvgIpc) is 2.85. The summed E-state index contributed by atoms with van der Waals surface area (Å²) in [6, 6.07) is 11.4. The lowest BCUT2D eigenvalue weighted by molar-refractivity contribution is 0.0964. The third-order valence-electron chi connectivity index (χ3n) is 5.34. The lowest BCUT2D eigenvalue weighted by atomic mass is 10.0. The largest absolute Gasteiger partial charge is 0.485 e. The molecule has 0 bridgehead atoms. The number of ether oxygens (including phenoxy) is 1. The molecule has 0 aliphatic rings. The van der Waals surface area contributed by atoms with E-state index < -0.39 is 17.4 Å². The first kappa shape index (κ1) is 24.0. The van der Waals surface area contributed by atoms with Crippen molar-refractivity contribution in [1.29, 1.82) is 0 Å². The number of nitrogens with one attached hydrogen (secondary N) is 2. The minimum Gasteiger partial charge on any atom is -0.485 e. The van der Waals surface area contributed by atoms with Crippen LogP contribution in [0.4, 0.5) is 14.6 Å². The van der Waals surface area contributed by atoms with Crippen molar-refractivity contribution < 1.29 is 18.3 Å². The Balaban J connectivity index is 1.50. The van der Waals surface area contributed by atoms with Crippen LogP contribution in [0.25, 0.3) is 22.2 Å². The first-order valence-corrected chi connectivity index (χ1v) is 11.2. The summed E-state index contributed by atoms with van der Waals surface area (Å²) in [5, 5.41) is 6.64. The van der Waals surface area contributed by atoms with Crippen LogP contribution < -0.4 is 15.4 Å². The standard InChI is InChI=1S/C26H25F2N5O2/c1-15(2)35-25-20(27)11-17(12-21(25)28)22-13-23(33-14-32-22)30-9-7-16-5-4-6-18-19(26(34)29-3)8-10-31-24(16)18/h4-6,8,10-15H,7,9H2,1-3H3,(H,29,34)(H,30,32,33). The molecule has 0 atom stereocenters. The van der Waals surface area contributed by atoms with Crippen molar-refractivity contribution in [1.82, 2.24) is 20.3 Å². The fourth-order valence-corrected chi connectivity index (χ4v) is 3.76. The first-order valence-electron chi connectivity index (χ1n) is 11.2. The minimum atomic E-state index is -0.790. The summed E-state index contributed by atoms with van der Waals surface area (Å²) in [6.07, 6.45) is 3.22. The van der Waals surface area contributed by atoms with Crippen molar-refractivity contribution >= 4 is 22.6 Å². The number of rotatable bonds is 8. The summed E-state index contributed by atoms with van der Waals surface area (Å²) in [7, 11) is 1.59. The van der Waals surface area contributed by atoms with Crippen LogP contribution in [0.1, 0.15) is 29.8 Å². The second-order valence-electron chi connectivity index (χ2n) is 8.15. The molecular formula is C26H25F2N5O2. The van der Waals surface area contributed by atoms with Gasteiger partial charge in [0.15, 0.2) is 17.4 Å². The summed E-state index contributed by atoms with van der Waals surface area (Å²) >= 11 is 0. The normalized spacial score (nSPS) is 11.0. The van der Waals surface area contributed by atoms with Crippen molar-refractivity contribution in [2.24, 2.45) is 0 Å². The van der Waals surface area contributed by atoms with Gasteiger partial charge >= 0.3 is 0 Å². The Morgan fingerprint density at radius 3 is 2.54 bits per heavy atom. The zero-order valence-electron chi connectivity index (χ0n) is 19.6. The smallest absolute Gasteiger partial charge is 0.251 e. The molecular weight excluding hydrogens is 452 g/mol. The highest BCUT2D eigenvalue weighted by Gasteiger charge is 2.16. The molecule has 2 aromatic carbocycles. The maximum Gasteiger partial charge on any atom is 0.251 e. The number of fused-ring (bicyclic) bond motifs is 1. The monoisotopic (exact) mass is 477 g/mol. The second-order valence-corrected chi connectivity index (χ2v) is 8.15. The van der Waals surface area contributed by atoms with Gasteiger partial charge in [-0.15, -0.1) is 0 Å². The fourth-order valence-electron chi connectivity index (χ4n) is 3.76. The van der Waals surface area contributed by atoms with Crippen LogP contribution in [0, 0.1) is 11.6 Å². The van der Waals surface area contributed by atoms with Gasteiger partial charge in [-0.25, -0.2) is 18.7 Å². The van der Waals surface area contributed by atoms with E-state index in [0.717, 1.165) is 16.5 Å². The summed E-state index contributed by atoms with van der Waals surface area (Å²) < 4.78 is 34.1. The Bertz CT molecular complexity index is 1350. The van der Waals surface area contributed by atoms with E-state index in [0.29, 0.717) is 30.0 Å². The molecule has 2 heterocycles. The molecule has 9 heteroatoms. The zero-order chi connectivity index (χ0) is 24.9. The Morgan fingerprint density at radius 1 is 1.06 bits per heavy atom. The van der Waals surface area contributed by atoms with E-state index >= 15 is 0 Å². The van der Waals surface area contributed by atoms with Gasteiger partial charge in [0, 0.05) is 36.8 Å². The van der Waals surface area contributed by atoms with Gasteiger partial charge in [-0.1, -0.05) is 18.2 Å². The van der Waals surface area contributed by atoms with Gasteiger partial charge in [0.2, 0.25) is 0 Å². The van der Waals surface area contributed by atoms with Crippen LogP contribution >= 0.6 is 0 Å². The molecule has 0 radical (unpaired) electrons. The number of para-hydroxylation sites is 1. The van der Waals surface area contributed by atoms with E-state index in [4.69, 9.17) is 4.74 Å². The van der Waals surface area contributed by atoms with Gasteiger partial charge in [0.05, 0.1) is 22.9 Å². The van der Waals surface area contributed by atoms with Crippen molar-refractivity contribution in [3.63, 3.8) is 0 Å². The third kappa shape index (κ3) is 5.34. The van der Waals surface area contributed by atoms with Crippen LogP contribution in [0.15, 0.2) is 55.0 Å². The molecule has 4 aromatic rings. The Hall–Kier alpha value is -4.14. The van der Waals surface area contributed by atoms with Crippen LogP contribution in [-0.4, -0.2) is 40.6 Å². The minimum absolute atomic E-state index is 0.169. The lowest BCUT2D eigenvalue weighted by Crippen LogP contribution is -2.18. The predicted octanol–water partition coefficient (Wildman–Crippen LogP) is 4.77. The maximum absolute atomic E-state index is 14.4. The van der Waals surface area contributed by atoms with E-state index in [1.165, 1.54) is 18.5 Å². The van der Waals surface area contributed by atoms with Gasteiger partial charge < -0.3 is 15.4 Å². The van der Waals surface area contributed by atoms with Gasteiger partial charge in [-0.3, -0.25) is 9.78 Å². The van der Waals surface area contributed by atoms with E-state index in [1.807, 2.05) is 18.2 Å². The lowest BCUT2D eigenvalue weighted by Gasteiger charge is -2.13. The van der Waals surface area contributed by atoms with Crippen molar-refractivity contribution in [2.75, 3.05) is 18.9 Å². The van der Waals surface area contributed by atoms with Gasteiger partial charge in [-0.2, -0.15) is 0 Å². The molecule has 35 heavy (non-hydrogen) atoms. The van der Waals surface area contributed by atoms with Crippen LogP contribution in [0.2, 0.25) is 0 Å². The van der Waals surface area contributed by atoms with Crippen LogP contribution in [0.5, 0.6) is 5.75 Å². The molecule has 180 valence electrons. The number of pyridine rings is 1. The van der Waals surface area contributed by atoms with Gasteiger partial charge in [0.1, 0.15) is 12.1 Å². The highest BCUT2D eigenvalue weighted by molar-refractivity contribution is 6.06. The molecule has 0 saturated heterocycles. The number of halogens is 2. The zero-order valence-corrected chi connectivity index (χ0v) is 19.6.